The molecule has 2 unspecified atom stereocenters. The molecule has 2 atom stereocenters. The first-order valence-corrected chi connectivity index (χ1v) is 4.68. The van der Waals surface area contributed by atoms with E-state index in [1.165, 1.54) is 6.42 Å². The second-order valence-electron chi connectivity index (χ2n) is 3.38. The van der Waals surface area contributed by atoms with E-state index in [0.717, 1.165) is 25.6 Å². The van der Waals surface area contributed by atoms with Crippen molar-refractivity contribution in [3.05, 3.63) is 0 Å². The highest BCUT2D eigenvalue weighted by Crippen LogP contribution is 2.09. The van der Waals surface area contributed by atoms with Gasteiger partial charge in [0.05, 0.1) is 6.54 Å². The van der Waals surface area contributed by atoms with Crippen LogP contribution in [0.2, 0.25) is 0 Å². The predicted molar refractivity (Wildman–Crippen MR) is 51.9 cm³/mol. The maximum absolute atomic E-state index is 3.46. The minimum atomic E-state index is 0.659. The minimum Gasteiger partial charge on any atom is -0.316 e. The fourth-order valence-electron chi connectivity index (χ4n) is 1.59. The summed E-state index contributed by atoms with van der Waals surface area (Å²) in [5.74, 6) is 6.66. The lowest BCUT2D eigenvalue weighted by atomic mass is 9.95. The molecule has 1 saturated heterocycles. The van der Waals surface area contributed by atoms with Crippen molar-refractivity contribution in [1.29, 1.82) is 0 Å². The van der Waals surface area contributed by atoms with Gasteiger partial charge in [-0.25, -0.2) is 0 Å². The molecule has 68 valence electrons. The summed E-state index contributed by atoms with van der Waals surface area (Å²) < 4.78 is 0. The first-order chi connectivity index (χ1) is 5.84. The highest BCUT2D eigenvalue weighted by molar-refractivity contribution is 4.98. The van der Waals surface area contributed by atoms with E-state index in [1.807, 2.05) is 6.92 Å². The Morgan fingerprint density at radius 2 is 2.42 bits per heavy atom. The van der Waals surface area contributed by atoms with Crippen LogP contribution in [0.3, 0.4) is 0 Å². The molecule has 0 aliphatic carbocycles. The van der Waals surface area contributed by atoms with Crippen LogP contribution in [0.15, 0.2) is 0 Å². The largest absolute Gasteiger partial charge is 0.316 e. The molecule has 0 aromatic heterocycles. The van der Waals surface area contributed by atoms with Crippen molar-refractivity contribution in [2.45, 2.75) is 26.3 Å². The zero-order chi connectivity index (χ0) is 8.81. The van der Waals surface area contributed by atoms with Gasteiger partial charge in [-0.2, -0.15) is 0 Å². The van der Waals surface area contributed by atoms with Crippen LogP contribution in [0, 0.1) is 17.8 Å². The van der Waals surface area contributed by atoms with Gasteiger partial charge in [-0.15, -0.1) is 5.92 Å². The topological polar surface area (TPSA) is 24.1 Å². The average Bonchev–Trinajstić information content (AvgIpc) is 2.09. The molecule has 1 fully saturated rings. The van der Waals surface area contributed by atoms with Gasteiger partial charge < -0.3 is 10.6 Å². The molecule has 0 amide bonds. The summed E-state index contributed by atoms with van der Waals surface area (Å²) >= 11 is 0. The fraction of sp³-hybridized carbons (Fsp3) is 0.800. The Morgan fingerprint density at radius 3 is 3.08 bits per heavy atom. The third kappa shape index (κ3) is 2.84. The number of piperidine rings is 1. The van der Waals surface area contributed by atoms with Gasteiger partial charge in [0.25, 0.3) is 0 Å². The van der Waals surface area contributed by atoms with Crippen molar-refractivity contribution in [2.75, 3.05) is 19.6 Å². The van der Waals surface area contributed by atoms with E-state index in [4.69, 9.17) is 0 Å². The molecular formula is C10H18N2. The molecule has 0 bridgehead atoms. The predicted octanol–water partition coefficient (Wildman–Crippen LogP) is 0.597. The van der Waals surface area contributed by atoms with E-state index >= 15 is 0 Å². The van der Waals surface area contributed by atoms with E-state index in [-0.39, 0.29) is 0 Å². The van der Waals surface area contributed by atoms with Crippen LogP contribution in [0.5, 0.6) is 0 Å². The molecule has 2 N–H and O–H groups in total. The van der Waals surface area contributed by atoms with Crippen LogP contribution < -0.4 is 10.6 Å². The van der Waals surface area contributed by atoms with E-state index in [0.29, 0.717) is 6.04 Å². The molecule has 1 heterocycles. The van der Waals surface area contributed by atoms with Crippen molar-refractivity contribution in [2.24, 2.45) is 5.92 Å². The van der Waals surface area contributed by atoms with Crippen molar-refractivity contribution in [1.82, 2.24) is 10.6 Å². The number of hydrogen-bond acceptors (Lipinski definition) is 2. The van der Waals surface area contributed by atoms with E-state index in [2.05, 4.69) is 29.4 Å². The lowest BCUT2D eigenvalue weighted by Crippen LogP contribution is -2.46. The van der Waals surface area contributed by atoms with Crippen LogP contribution in [0.25, 0.3) is 0 Å². The average molecular weight is 166 g/mol. The second kappa shape index (κ2) is 5.18. The summed E-state index contributed by atoms with van der Waals surface area (Å²) in [6, 6.07) is 0.659. The number of rotatable bonds is 2. The molecule has 2 nitrogen and oxygen atoms in total. The van der Waals surface area contributed by atoms with Gasteiger partial charge in [0.2, 0.25) is 0 Å². The standard InChI is InChI=1S/C10H18N2/c1-3-4-6-12-10-5-7-11-8-9(10)2/h9-12H,5-8H2,1-2H3. The minimum absolute atomic E-state index is 0.659. The molecule has 0 spiro atoms. The van der Waals surface area contributed by atoms with Crippen molar-refractivity contribution < 1.29 is 0 Å². The number of hydrogen-bond donors (Lipinski definition) is 2. The Labute approximate surface area is 75.1 Å². The maximum Gasteiger partial charge on any atom is 0.0578 e. The van der Waals surface area contributed by atoms with Crippen molar-refractivity contribution in [3.63, 3.8) is 0 Å². The normalized spacial score (nSPS) is 29.2. The molecule has 0 radical (unpaired) electrons. The molecule has 0 saturated carbocycles. The smallest absolute Gasteiger partial charge is 0.0578 e. The van der Waals surface area contributed by atoms with Crippen LogP contribution in [0.4, 0.5) is 0 Å². The Hall–Kier alpha value is -0.520. The molecule has 0 aromatic rings. The van der Waals surface area contributed by atoms with Gasteiger partial charge in [-0.05, 0) is 32.4 Å². The molecular weight excluding hydrogens is 148 g/mol. The summed E-state index contributed by atoms with van der Waals surface area (Å²) in [5.41, 5.74) is 0. The summed E-state index contributed by atoms with van der Waals surface area (Å²) in [6.07, 6.45) is 1.23. The van der Waals surface area contributed by atoms with Crippen molar-refractivity contribution in [3.8, 4) is 11.8 Å². The second-order valence-corrected chi connectivity index (χ2v) is 3.38. The Bertz CT molecular complexity index is 178. The summed E-state index contributed by atoms with van der Waals surface area (Å²) in [6.45, 7) is 7.28. The van der Waals surface area contributed by atoms with Crippen molar-refractivity contribution >= 4 is 0 Å². The monoisotopic (exact) mass is 166 g/mol. The Morgan fingerprint density at radius 1 is 1.58 bits per heavy atom. The maximum atomic E-state index is 3.46. The first-order valence-electron chi connectivity index (χ1n) is 4.68. The third-order valence-electron chi connectivity index (χ3n) is 2.41. The van der Waals surface area contributed by atoms with E-state index in [1.54, 1.807) is 0 Å². The molecule has 12 heavy (non-hydrogen) atoms. The van der Waals surface area contributed by atoms with E-state index in [9.17, 15) is 0 Å². The van der Waals surface area contributed by atoms with Gasteiger partial charge in [0.1, 0.15) is 0 Å². The summed E-state index contributed by atoms with van der Waals surface area (Å²) in [4.78, 5) is 0. The van der Waals surface area contributed by atoms with Gasteiger partial charge >= 0.3 is 0 Å². The zero-order valence-electron chi connectivity index (χ0n) is 7.98. The highest BCUT2D eigenvalue weighted by atomic mass is 15.0. The summed E-state index contributed by atoms with van der Waals surface area (Å²) in [5, 5.41) is 6.84. The lowest BCUT2D eigenvalue weighted by Gasteiger charge is -2.29. The molecule has 1 aliphatic heterocycles. The third-order valence-corrected chi connectivity index (χ3v) is 2.41. The molecule has 0 aromatic carbocycles. The molecule has 1 aliphatic rings. The fourth-order valence-corrected chi connectivity index (χ4v) is 1.59. The number of nitrogens with one attached hydrogen (secondary N) is 2. The van der Waals surface area contributed by atoms with Crippen LogP contribution in [-0.4, -0.2) is 25.7 Å². The van der Waals surface area contributed by atoms with Gasteiger partial charge in [0, 0.05) is 6.04 Å². The Balaban J connectivity index is 2.23. The summed E-state index contributed by atoms with van der Waals surface area (Å²) in [7, 11) is 0. The SMILES string of the molecule is CC#CCNC1CCNCC1C. The van der Waals surface area contributed by atoms with Crippen LogP contribution >= 0.6 is 0 Å². The zero-order valence-corrected chi connectivity index (χ0v) is 7.98. The first kappa shape index (κ1) is 9.57. The van der Waals surface area contributed by atoms with Crippen LogP contribution in [-0.2, 0) is 0 Å². The van der Waals surface area contributed by atoms with Gasteiger partial charge in [-0.3, -0.25) is 0 Å². The van der Waals surface area contributed by atoms with Gasteiger partial charge in [-0.1, -0.05) is 12.8 Å². The lowest BCUT2D eigenvalue weighted by molar-refractivity contribution is 0.305. The Kier molecular flexibility index (Phi) is 4.13. The van der Waals surface area contributed by atoms with Gasteiger partial charge in [0.15, 0.2) is 0 Å². The molecule has 1 rings (SSSR count). The van der Waals surface area contributed by atoms with Crippen LogP contribution in [0.1, 0.15) is 20.3 Å². The highest BCUT2D eigenvalue weighted by Gasteiger charge is 2.19. The quantitative estimate of drug-likeness (QED) is 0.587. The van der Waals surface area contributed by atoms with E-state index < -0.39 is 0 Å². The molecule has 2 heteroatoms.